The fourth-order valence-electron chi connectivity index (χ4n) is 3.96. The number of piperidine rings is 1. The van der Waals surface area contributed by atoms with Crippen molar-refractivity contribution in [2.24, 2.45) is 0 Å². The molecule has 1 fully saturated rings. The van der Waals surface area contributed by atoms with Crippen LogP contribution in [-0.2, 0) is 22.6 Å². The van der Waals surface area contributed by atoms with Gasteiger partial charge < -0.3 is 14.5 Å². The standard InChI is InChI=1S/C21H21N3O5/c25-20-13-16-12-18(24(27)28)6-7-19(16)23(20)17-8-10-22(11-9-17)21(26)29-14-15-4-2-1-3-5-15/h1-7,12,17H,8-11,13-14H2. The van der Waals surface area contributed by atoms with Crippen molar-refractivity contribution in [3.05, 3.63) is 69.8 Å². The number of ether oxygens (including phenoxy) is 1. The van der Waals surface area contributed by atoms with Crippen molar-refractivity contribution < 1.29 is 19.2 Å². The molecule has 2 amide bonds. The average molecular weight is 395 g/mol. The molecule has 150 valence electrons. The second kappa shape index (κ2) is 7.90. The van der Waals surface area contributed by atoms with Crippen LogP contribution in [0.1, 0.15) is 24.0 Å². The summed E-state index contributed by atoms with van der Waals surface area (Å²) in [4.78, 5) is 38.8. The predicted molar refractivity (Wildman–Crippen MR) is 106 cm³/mol. The lowest BCUT2D eigenvalue weighted by molar-refractivity contribution is -0.384. The van der Waals surface area contributed by atoms with E-state index in [1.807, 2.05) is 30.3 Å². The summed E-state index contributed by atoms with van der Waals surface area (Å²) in [6.07, 6.45) is 1.11. The summed E-state index contributed by atoms with van der Waals surface area (Å²) >= 11 is 0. The molecule has 4 rings (SSSR count). The first-order chi connectivity index (χ1) is 14.0. The van der Waals surface area contributed by atoms with Crippen LogP contribution in [0.4, 0.5) is 16.2 Å². The Kier molecular flexibility index (Phi) is 5.16. The number of amides is 2. The third-order valence-corrected chi connectivity index (χ3v) is 5.44. The molecule has 0 bridgehead atoms. The molecule has 0 aromatic heterocycles. The number of carbonyl (C=O) groups is 2. The Morgan fingerprint density at radius 2 is 1.86 bits per heavy atom. The Balaban J connectivity index is 1.36. The van der Waals surface area contributed by atoms with E-state index in [0.29, 0.717) is 31.5 Å². The highest BCUT2D eigenvalue weighted by Gasteiger charge is 2.36. The highest BCUT2D eigenvalue weighted by molar-refractivity contribution is 6.02. The van der Waals surface area contributed by atoms with Crippen molar-refractivity contribution in [2.45, 2.75) is 31.9 Å². The smallest absolute Gasteiger partial charge is 0.410 e. The number of non-ortho nitro benzene ring substituents is 1. The maximum absolute atomic E-state index is 12.5. The van der Waals surface area contributed by atoms with Crippen molar-refractivity contribution >= 4 is 23.4 Å². The minimum atomic E-state index is -0.451. The van der Waals surface area contributed by atoms with Crippen LogP contribution in [-0.4, -0.2) is 41.0 Å². The number of fused-ring (bicyclic) bond motifs is 1. The van der Waals surface area contributed by atoms with E-state index in [2.05, 4.69) is 0 Å². The van der Waals surface area contributed by atoms with Gasteiger partial charge >= 0.3 is 6.09 Å². The number of hydrogen-bond acceptors (Lipinski definition) is 5. The highest BCUT2D eigenvalue weighted by Crippen LogP contribution is 2.35. The van der Waals surface area contributed by atoms with Gasteiger partial charge in [-0.1, -0.05) is 30.3 Å². The van der Waals surface area contributed by atoms with Crippen molar-refractivity contribution in [1.29, 1.82) is 0 Å². The van der Waals surface area contributed by atoms with Gasteiger partial charge in [-0.15, -0.1) is 0 Å². The normalized spacial score (nSPS) is 16.6. The van der Waals surface area contributed by atoms with E-state index >= 15 is 0 Å². The lowest BCUT2D eigenvalue weighted by Crippen LogP contribution is -2.48. The molecule has 0 atom stereocenters. The molecule has 2 aliphatic rings. The maximum Gasteiger partial charge on any atom is 0.410 e. The zero-order valence-electron chi connectivity index (χ0n) is 15.8. The van der Waals surface area contributed by atoms with E-state index in [4.69, 9.17) is 4.74 Å². The number of anilines is 1. The van der Waals surface area contributed by atoms with Crippen LogP contribution in [0.2, 0.25) is 0 Å². The minimum absolute atomic E-state index is 0.00520. The monoisotopic (exact) mass is 395 g/mol. The van der Waals surface area contributed by atoms with Gasteiger partial charge in [0.05, 0.1) is 11.3 Å². The van der Waals surface area contributed by atoms with E-state index < -0.39 is 4.92 Å². The Hall–Kier alpha value is -3.42. The molecule has 8 nitrogen and oxygen atoms in total. The molecular weight excluding hydrogens is 374 g/mol. The first-order valence-corrected chi connectivity index (χ1v) is 9.58. The second-order valence-electron chi connectivity index (χ2n) is 7.27. The summed E-state index contributed by atoms with van der Waals surface area (Å²) in [5.41, 5.74) is 2.36. The first-order valence-electron chi connectivity index (χ1n) is 9.58. The molecule has 0 N–H and O–H groups in total. The molecule has 1 saturated heterocycles. The molecule has 0 spiro atoms. The first kappa shape index (κ1) is 18.9. The molecule has 0 unspecified atom stereocenters. The number of rotatable bonds is 4. The number of hydrogen-bond donors (Lipinski definition) is 0. The number of carbonyl (C=O) groups excluding carboxylic acids is 2. The van der Waals surface area contributed by atoms with Gasteiger partial charge in [-0.25, -0.2) is 4.79 Å². The molecule has 2 heterocycles. The van der Waals surface area contributed by atoms with Gasteiger partial charge in [-0.05, 0) is 30.0 Å². The Labute approximate surface area is 167 Å². The van der Waals surface area contributed by atoms with Crippen molar-refractivity contribution in [2.75, 3.05) is 18.0 Å². The van der Waals surface area contributed by atoms with Gasteiger partial charge in [-0.3, -0.25) is 14.9 Å². The summed E-state index contributed by atoms with van der Waals surface area (Å²) in [6, 6.07) is 14.0. The van der Waals surface area contributed by atoms with Crippen molar-refractivity contribution in [3.63, 3.8) is 0 Å². The topological polar surface area (TPSA) is 93.0 Å². The Morgan fingerprint density at radius 1 is 1.14 bits per heavy atom. The van der Waals surface area contributed by atoms with Gasteiger partial charge in [0.2, 0.25) is 5.91 Å². The third-order valence-electron chi connectivity index (χ3n) is 5.44. The average Bonchev–Trinajstić information content (AvgIpc) is 3.07. The summed E-state index contributed by atoms with van der Waals surface area (Å²) in [5, 5.41) is 11.0. The van der Waals surface area contributed by atoms with Gasteiger partial charge in [0.1, 0.15) is 6.61 Å². The van der Waals surface area contributed by atoms with Gasteiger partial charge in [-0.2, -0.15) is 0 Å². The van der Waals surface area contributed by atoms with Gasteiger partial charge in [0.25, 0.3) is 5.69 Å². The number of nitro benzene ring substituents is 1. The zero-order valence-corrected chi connectivity index (χ0v) is 15.8. The van der Waals surface area contributed by atoms with Crippen LogP contribution in [0.25, 0.3) is 0 Å². The van der Waals surface area contributed by atoms with Crippen molar-refractivity contribution in [3.8, 4) is 0 Å². The number of nitrogens with zero attached hydrogens (tertiary/aromatic N) is 3. The molecule has 0 saturated carbocycles. The Morgan fingerprint density at radius 3 is 2.55 bits per heavy atom. The molecule has 2 aromatic carbocycles. The highest BCUT2D eigenvalue weighted by atomic mass is 16.6. The SMILES string of the molecule is O=C(OCc1ccccc1)N1CCC(N2C(=O)Cc3cc([N+](=O)[O-])ccc32)CC1. The zero-order chi connectivity index (χ0) is 20.4. The number of nitro groups is 1. The van der Waals surface area contributed by atoms with E-state index in [9.17, 15) is 19.7 Å². The summed E-state index contributed by atoms with van der Waals surface area (Å²) in [6.45, 7) is 1.24. The van der Waals surface area contributed by atoms with Crippen LogP contribution < -0.4 is 4.90 Å². The maximum atomic E-state index is 12.5. The van der Waals surface area contributed by atoms with E-state index in [1.165, 1.54) is 12.1 Å². The lowest BCUT2D eigenvalue weighted by atomic mass is 10.0. The number of benzene rings is 2. The van der Waals surface area contributed by atoms with E-state index in [1.54, 1.807) is 15.9 Å². The molecule has 2 aromatic rings. The van der Waals surface area contributed by atoms with Crippen LogP contribution in [0, 0.1) is 10.1 Å². The van der Waals surface area contributed by atoms with Gasteiger partial charge in [0.15, 0.2) is 0 Å². The molecule has 2 aliphatic heterocycles. The lowest BCUT2D eigenvalue weighted by Gasteiger charge is -2.36. The molecule has 29 heavy (non-hydrogen) atoms. The van der Waals surface area contributed by atoms with Crippen molar-refractivity contribution in [1.82, 2.24) is 4.90 Å². The van der Waals surface area contributed by atoms with E-state index in [-0.39, 0.29) is 36.8 Å². The van der Waals surface area contributed by atoms with Crippen LogP contribution in [0.3, 0.4) is 0 Å². The van der Waals surface area contributed by atoms with Gasteiger partial charge in [0, 0.05) is 37.0 Å². The Bertz CT molecular complexity index is 939. The summed E-state index contributed by atoms with van der Waals surface area (Å²) < 4.78 is 5.38. The minimum Gasteiger partial charge on any atom is -0.445 e. The fraction of sp³-hybridized carbons (Fsp3) is 0.333. The summed E-state index contributed by atoms with van der Waals surface area (Å²) in [5.74, 6) is -0.0504. The molecule has 0 aliphatic carbocycles. The third kappa shape index (κ3) is 3.91. The number of likely N-dealkylation sites (tertiary alicyclic amines) is 1. The summed E-state index contributed by atoms with van der Waals surface area (Å²) in [7, 11) is 0. The molecule has 0 radical (unpaired) electrons. The predicted octanol–water partition coefficient (Wildman–Crippen LogP) is 3.29. The molecule has 8 heteroatoms. The molecular formula is C21H21N3O5. The second-order valence-corrected chi connectivity index (χ2v) is 7.27. The van der Waals surface area contributed by atoms with Crippen LogP contribution >= 0.6 is 0 Å². The van der Waals surface area contributed by atoms with Crippen LogP contribution in [0.5, 0.6) is 0 Å². The van der Waals surface area contributed by atoms with E-state index in [0.717, 1.165) is 11.3 Å². The largest absolute Gasteiger partial charge is 0.445 e. The fourth-order valence-corrected chi connectivity index (χ4v) is 3.96. The van der Waals surface area contributed by atoms with Crippen LogP contribution in [0.15, 0.2) is 48.5 Å². The quantitative estimate of drug-likeness (QED) is 0.585.